The molecular weight excluding hydrogens is 376 g/mol. The number of hydrogen-bond donors (Lipinski definition) is 1. The van der Waals surface area contributed by atoms with Crippen molar-refractivity contribution in [2.45, 2.75) is 40.2 Å². The van der Waals surface area contributed by atoms with Gasteiger partial charge in [-0.3, -0.25) is 14.6 Å². The van der Waals surface area contributed by atoms with E-state index in [1.807, 2.05) is 73.9 Å². The van der Waals surface area contributed by atoms with Gasteiger partial charge in [0.2, 0.25) is 5.91 Å². The lowest BCUT2D eigenvalue weighted by atomic mass is 10.1. The number of aromatic nitrogens is 2. The molecular formula is C24H28N4O2. The van der Waals surface area contributed by atoms with Gasteiger partial charge >= 0.3 is 0 Å². The highest BCUT2D eigenvalue weighted by Gasteiger charge is 2.28. The van der Waals surface area contributed by atoms with Gasteiger partial charge in [-0.25, -0.2) is 0 Å². The monoisotopic (exact) mass is 404 g/mol. The molecule has 0 fully saturated rings. The van der Waals surface area contributed by atoms with Crippen LogP contribution in [-0.2, 0) is 4.79 Å². The van der Waals surface area contributed by atoms with Gasteiger partial charge in [-0.15, -0.1) is 0 Å². The molecule has 0 saturated heterocycles. The van der Waals surface area contributed by atoms with Gasteiger partial charge in [-0.2, -0.15) is 0 Å². The highest BCUT2D eigenvalue weighted by molar-refractivity contribution is 6.01. The smallest absolute Gasteiger partial charge is 0.256 e. The molecule has 0 aliphatic rings. The van der Waals surface area contributed by atoms with Crippen LogP contribution in [0.4, 0.5) is 5.69 Å². The maximum Gasteiger partial charge on any atom is 0.256 e. The van der Waals surface area contributed by atoms with Crippen LogP contribution >= 0.6 is 0 Å². The standard InChI is InChI=1S/C24H28N4O2/c1-5-14-27(19(4)23(29)26-20-10-7-6-8-11-20)24(30)22-15-17(2)28(18(22)3)21-12-9-13-25-16-21/h6-13,15-16,19H,5,14H2,1-4H3,(H,26,29). The number of amides is 2. The number of pyridine rings is 1. The van der Waals surface area contributed by atoms with Crippen molar-refractivity contribution in [2.24, 2.45) is 0 Å². The minimum absolute atomic E-state index is 0.143. The maximum atomic E-state index is 13.5. The molecule has 2 amide bonds. The molecule has 2 heterocycles. The van der Waals surface area contributed by atoms with Crippen molar-refractivity contribution < 1.29 is 9.59 Å². The van der Waals surface area contributed by atoms with Gasteiger partial charge in [-0.05, 0) is 57.5 Å². The fourth-order valence-corrected chi connectivity index (χ4v) is 3.64. The molecule has 6 nitrogen and oxygen atoms in total. The topological polar surface area (TPSA) is 67.2 Å². The number of para-hydroxylation sites is 1. The van der Waals surface area contributed by atoms with Crippen LogP contribution in [0.2, 0.25) is 0 Å². The van der Waals surface area contributed by atoms with Crippen molar-refractivity contribution in [3.8, 4) is 5.69 Å². The third kappa shape index (κ3) is 4.43. The summed E-state index contributed by atoms with van der Waals surface area (Å²) in [4.78, 5) is 32.1. The number of rotatable bonds is 7. The van der Waals surface area contributed by atoms with Gasteiger partial charge in [0.25, 0.3) is 5.91 Å². The molecule has 0 radical (unpaired) electrons. The summed E-state index contributed by atoms with van der Waals surface area (Å²) in [7, 11) is 0. The molecule has 1 N–H and O–H groups in total. The number of aryl methyl sites for hydroxylation is 1. The Morgan fingerprint density at radius 1 is 1.13 bits per heavy atom. The van der Waals surface area contributed by atoms with E-state index in [0.29, 0.717) is 17.8 Å². The number of nitrogens with zero attached hydrogens (tertiary/aromatic N) is 3. The Balaban J connectivity index is 1.88. The number of benzene rings is 1. The average molecular weight is 405 g/mol. The van der Waals surface area contributed by atoms with E-state index in [4.69, 9.17) is 0 Å². The molecule has 0 bridgehead atoms. The van der Waals surface area contributed by atoms with Crippen LogP contribution < -0.4 is 5.32 Å². The number of nitrogens with one attached hydrogen (secondary N) is 1. The minimum Gasteiger partial charge on any atom is -0.327 e. The summed E-state index contributed by atoms with van der Waals surface area (Å²) in [6, 6.07) is 14.4. The van der Waals surface area contributed by atoms with Crippen LogP contribution in [0.1, 0.15) is 42.0 Å². The van der Waals surface area contributed by atoms with Gasteiger partial charge in [-0.1, -0.05) is 25.1 Å². The minimum atomic E-state index is -0.598. The summed E-state index contributed by atoms with van der Waals surface area (Å²) in [5, 5.41) is 2.90. The first-order chi connectivity index (χ1) is 14.4. The zero-order valence-corrected chi connectivity index (χ0v) is 17.9. The Bertz CT molecular complexity index is 1010. The van der Waals surface area contributed by atoms with Crippen molar-refractivity contribution in [1.82, 2.24) is 14.5 Å². The van der Waals surface area contributed by atoms with E-state index in [2.05, 4.69) is 10.3 Å². The fraction of sp³-hybridized carbons (Fsp3) is 0.292. The number of carbonyl (C=O) groups excluding carboxylic acids is 2. The van der Waals surface area contributed by atoms with E-state index in [9.17, 15) is 9.59 Å². The van der Waals surface area contributed by atoms with Crippen molar-refractivity contribution in [2.75, 3.05) is 11.9 Å². The Morgan fingerprint density at radius 2 is 1.87 bits per heavy atom. The summed E-state index contributed by atoms with van der Waals surface area (Å²) in [6.45, 7) is 8.16. The summed E-state index contributed by atoms with van der Waals surface area (Å²) in [5.41, 5.74) is 4.00. The van der Waals surface area contributed by atoms with E-state index in [1.165, 1.54) is 0 Å². The van der Waals surface area contributed by atoms with Gasteiger partial charge in [0.05, 0.1) is 17.4 Å². The van der Waals surface area contributed by atoms with Gasteiger partial charge in [0, 0.05) is 29.8 Å². The van der Waals surface area contributed by atoms with Crippen LogP contribution in [0.25, 0.3) is 5.69 Å². The van der Waals surface area contributed by atoms with Crippen molar-refractivity contribution in [3.05, 3.63) is 77.9 Å². The molecule has 1 aromatic carbocycles. The Labute approximate surface area is 177 Å². The van der Waals surface area contributed by atoms with Gasteiger partial charge in [0.15, 0.2) is 0 Å². The van der Waals surface area contributed by atoms with Crippen LogP contribution in [0.5, 0.6) is 0 Å². The Hall–Kier alpha value is -3.41. The Morgan fingerprint density at radius 3 is 2.50 bits per heavy atom. The average Bonchev–Trinajstić information content (AvgIpc) is 3.06. The normalized spacial score (nSPS) is 11.7. The van der Waals surface area contributed by atoms with E-state index in [0.717, 1.165) is 23.5 Å². The molecule has 6 heteroatoms. The molecule has 2 aromatic heterocycles. The third-order valence-corrected chi connectivity index (χ3v) is 5.18. The van der Waals surface area contributed by atoms with Gasteiger partial charge in [0.1, 0.15) is 6.04 Å². The predicted octanol–water partition coefficient (Wildman–Crippen LogP) is 4.37. The van der Waals surface area contributed by atoms with E-state index in [1.54, 1.807) is 24.2 Å². The molecule has 0 saturated carbocycles. The SMILES string of the molecule is CCCN(C(=O)c1cc(C)n(-c2cccnc2)c1C)C(C)C(=O)Nc1ccccc1. The highest BCUT2D eigenvalue weighted by Crippen LogP contribution is 2.23. The molecule has 1 atom stereocenters. The lowest BCUT2D eigenvalue weighted by molar-refractivity contribution is -0.120. The number of hydrogen-bond acceptors (Lipinski definition) is 3. The van der Waals surface area contributed by atoms with Crippen molar-refractivity contribution >= 4 is 17.5 Å². The molecule has 3 rings (SSSR count). The number of anilines is 1. The van der Waals surface area contributed by atoms with E-state index in [-0.39, 0.29) is 11.8 Å². The zero-order chi connectivity index (χ0) is 21.7. The molecule has 0 aliphatic heterocycles. The van der Waals surface area contributed by atoms with Crippen LogP contribution in [0, 0.1) is 13.8 Å². The van der Waals surface area contributed by atoms with E-state index >= 15 is 0 Å². The first-order valence-corrected chi connectivity index (χ1v) is 10.2. The molecule has 30 heavy (non-hydrogen) atoms. The fourth-order valence-electron chi connectivity index (χ4n) is 3.64. The van der Waals surface area contributed by atoms with Crippen LogP contribution in [0.15, 0.2) is 60.9 Å². The second kappa shape index (κ2) is 9.39. The summed E-state index contributed by atoms with van der Waals surface area (Å²) < 4.78 is 2.01. The lowest BCUT2D eigenvalue weighted by Gasteiger charge is -2.28. The molecule has 3 aromatic rings. The van der Waals surface area contributed by atoms with Crippen LogP contribution in [0.3, 0.4) is 0 Å². The summed E-state index contributed by atoms with van der Waals surface area (Å²) >= 11 is 0. The molecule has 1 unspecified atom stereocenters. The van der Waals surface area contributed by atoms with Crippen LogP contribution in [-0.4, -0.2) is 38.9 Å². The van der Waals surface area contributed by atoms with Crippen molar-refractivity contribution in [3.63, 3.8) is 0 Å². The lowest BCUT2D eigenvalue weighted by Crippen LogP contribution is -2.46. The first-order valence-electron chi connectivity index (χ1n) is 10.2. The summed E-state index contributed by atoms with van der Waals surface area (Å²) in [6.07, 6.45) is 4.25. The highest BCUT2D eigenvalue weighted by atomic mass is 16.2. The molecule has 0 spiro atoms. The molecule has 156 valence electrons. The second-order valence-corrected chi connectivity index (χ2v) is 7.36. The summed E-state index contributed by atoms with van der Waals surface area (Å²) in [5.74, 6) is -0.347. The molecule has 0 aliphatic carbocycles. The maximum absolute atomic E-state index is 13.5. The Kier molecular flexibility index (Phi) is 6.67. The zero-order valence-electron chi connectivity index (χ0n) is 17.9. The van der Waals surface area contributed by atoms with Crippen molar-refractivity contribution in [1.29, 1.82) is 0 Å². The van der Waals surface area contributed by atoms with Gasteiger partial charge < -0.3 is 14.8 Å². The quantitative estimate of drug-likeness (QED) is 0.636. The first kappa shape index (κ1) is 21.3. The van der Waals surface area contributed by atoms with E-state index < -0.39 is 6.04 Å². The second-order valence-electron chi connectivity index (χ2n) is 7.36. The largest absolute Gasteiger partial charge is 0.327 e. The predicted molar refractivity (Wildman–Crippen MR) is 119 cm³/mol. The third-order valence-electron chi connectivity index (χ3n) is 5.18. The number of carbonyl (C=O) groups is 2.